The van der Waals surface area contributed by atoms with Crippen LogP contribution in [-0.2, 0) is 7.05 Å². The maximum absolute atomic E-state index is 4.38. The van der Waals surface area contributed by atoms with Gasteiger partial charge in [0.1, 0.15) is 5.69 Å². The van der Waals surface area contributed by atoms with Gasteiger partial charge >= 0.3 is 0 Å². The van der Waals surface area contributed by atoms with Crippen LogP contribution in [0.15, 0.2) is 36.5 Å². The molecule has 0 saturated heterocycles. The monoisotopic (exact) mass is 226 g/mol. The Morgan fingerprint density at radius 1 is 1.18 bits per heavy atom. The molecule has 0 radical (unpaired) electrons. The number of nitrogens with one attached hydrogen (secondary N) is 1. The zero-order chi connectivity index (χ0) is 11.7. The van der Waals surface area contributed by atoms with Crippen LogP contribution in [0.4, 0.5) is 0 Å². The van der Waals surface area contributed by atoms with Crippen LogP contribution in [0, 0.1) is 0 Å². The zero-order valence-electron chi connectivity index (χ0n) is 9.20. The third-order valence-corrected chi connectivity index (χ3v) is 2.36. The van der Waals surface area contributed by atoms with Crippen molar-refractivity contribution in [3.63, 3.8) is 0 Å². The summed E-state index contributed by atoms with van der Waals surface area (Å²) in [6, 6.07) is 9.79. The van der Waals surface area contributed by atoms with E-state index in [1.807, 2.05) is 30.3 Å². The highest BCUT2D eigenvalue weighted by atomic mass is 15.5. The summed E-state index contributed by atoms with van der Waals surface area (Å²) in [5.41, 5.74) is 1.65. The maximum Gasteiger partial charge on any atom is 0.181 e. The molecule has 0 fully saturated rings. The first-order chi connectivity index (χ1) is 8.33. The molecule has 0 aliphatic heterocycles. The van der Waals surface area contributed by atoms with Crippen molar-refractivity contribution in [3.8, 4) is 22.9 Å². The summed E-state index contributed by atoms with van der Waals surface area (Å²) in [6.07, 6.45) is 1.65. The largest absolute Gasteiger partial charge is 0.257 e. The molecule has 6 nitrogen and oxygen atoms in total. The Morgan fingerprint density at radius 2 is 2.00 bits per heavy atom. The first-order valence-electron chi connectivity index (χ1n) is 5.17. The molecule has 0 aliphatic rings. The first kappa shape index (κ1) is 9.71. The van der Waals surface area contributed by atoms with Gasteiger partial charge in [0.05, 0.1) is 6.20 Å². The van der Waals surface area contributed by atoms with Crippen LogP contribution in [0.3, 0.4) is 0 Å². The minimum Gasteiger partial charge on any atom is -0.257 e. The van der Waals surface area contributed by atoms with E-state index in [1.54, 1.807) is 13.2 Å². The number of benzene rings is 1. The van der Waals surface area contributed by atoms with Crippen molar-refractivity contribution in [1.82, 2.24) is 30.2 Å². The summed E-state index contributed by atoms with van der Waals surface area (Å²) in [7, 11) is 1.76. The molecule has 1 aromatic carbocycles. The molecular weight excluding hydrogens is 216 g/mol. The Hall–Kier alpha value is -2.50. The van der Waals surface area contributed by atoms with Crippen molar-refractivity contribution < 1.29 is 0 Å². The van der Waals surface area contributed by atoms with Crippen molar-refractivity contribution in [3.05, 3.63) is 36.5 Å². The highest BCUT2D eigenvalue weighted by Crippen LogP contribution is 2.17. The SMILES string of the molecule is Cn1ncc(-c2nc(-c3ccccc3)n[nH]2)n1. The lowest BCUT2D eigenvalue weighted by atomic mass is 10.2. The summed E-state index contributed by atoms with van der Waals surface area (Å²) in [6.45, 7) is 0. The van der Waals surface area contributed by atoms with Crippen molar-refractivity contribution in [2.75, 3.05) is 0 Å². The number of hydrogen-bond donors (Lipinski definition) is 1. The summed E-state index contributed by atoms with van der Waals surface area (Å²) in [5, 5.41) is 15.2. The number of aromatic amines is 1. The van der Waals surface area contributed by atoms with Gasteiger partial charge in [-0.2, -0.15) is 20.1 Å². The molecule has 0 spiro atoms. The average Bonchev–Trinajstić information content (AvgIpc) is 2.98. The predicted octanol–water partition coefficient (Wildman–Crippen LogP) is 1.27. The molecule has 3 rings (SSSR count). The van der Waals surface area contributed by atoms with Gasteiger partial charge in [-0.3, -0.25) is 5.10 Å². The molecule has 2 heterocycles. The number of rotatable bonds is 2. The van der Waals surface area contributed by atoms with Gasteiger partial charge < -0.3 is 0 Å². The first-order valence-corrected chi connectivity index (χ1v) is 5.17. The topological polar surface area (TPSA) is 72.3 Å². The molecule has 84 valence electrons. The normalized spacial score (nSPS) is 10.6. The van der Waals surface area contributed by atoms with Crippen LogP contribution in [0.25, 0.3) is 22.9 Å². The van der Waals surface area contributed by atoms with Crippen LogP contribution in [-0.4, -0.2) is 30.2 Å². The Morgan fingerprint density at radius 3 is 2.71 bits per heavy atom. The predicted molar refractivity (Wildman–Crippen MR) is 61.8 cm³/mol. The molecule has 0 unspecified atom stereocenters. The van der Waals surface area contributed by atoms with Crippen molar-refractivity contribution in [1.29, 1.82) is 0 Å². The van der Waals surface area contributed by atoms with Crippen molar-refractivity contribution in [2.24, 2.45) is 7.05 Å². The molecule has 0 atom stereocenters. The smallest absolute Gasteiger partial charge is 0.181 e. The van der Waals surface area contributed by atoms with Gasteiger partial charge in [-0.25, -0.2) is 4.98 Å². The minimum absolute atomic E-state index is 0.622. The van der Waals surface area contributed by atoms with E-state index in [-0.39, 0.29) is 0 Å². The van der Waals surface area contributed by atoms with Crippen LogP contribution in [0.1, 0.15) is 0 Å². The highest BCUT2D eigenvalue weighted by molar-refractivity contribution is 5.58. The van der Waals surface area contributed by atoms with Gasteiger partial charge in [0.25, 0.3) is 0 Å². The summed E-state index contributed by atoms with van der Waals surface area (Å²) < 4.78 is 0. The van der Waals surface area contributed by atoms with Crippen LogP contribution in [0.5, 0.6) is 0 Å². The van der Waals surface area contributed by atoms with Crippen molar-refractivity contribution in [2.45, 2.75) is 0 Å². The molecule has 0 bridgehead atoms. The second-order valence-corrected chi connectivity index (χ2v) is 3.59. The van der Waals surface area contributed by atoms with Crippen LogP contribution >= 0.6 is 0 Å². The van der Waals surface area contributed by atoms with E-state index in [0.717, 1.165) is 5.56 Å². The molecule has 17 heavy (non-hydrogen) atoms. The Kier molecular flexibility index (Phi) is 2.18. The van der Waals surface area contributed by atoms with E-state index >= 15 is 0 Å². The Bertz CT molecular complexity index is 624. The lowest BCUT2D eigenvalue weighted by Gasteiger charge is -1.91. The zero-order valence-corrected chi connectivity index (χ0v) is 9.20. The van der Waals surface area contributed by atoms with Gasteiger partial charge in [0.2, 0.25) is 0 Å². The van der Waals surface area contributed by atoms with Gasteiger partial charge in [0.15, 0.2) is 11.6 Å². The second-order valence-electron chi connectivity index (χ2n) is 3.59. The Balaban J connectivity index is 1.99. The fourth-order valence-electron chi connectivity index (χ4n) is 1.55. The lowest BCUT2D eigenvalue weighted by molar-refractivity contribution is 0.655. The standard InChI is InChI=1S/C11H10N6/c1-17-12-7-9(16-17)11-13-10(14-15-11)8-5-3-2-4-6-8/h2-7H,1H3,(H,13,14,15). The quantitative estimate of drug-likeness (QED) is 0.714. The second kappa shape index (κ2) is 3.82. The molecule has 2 aromatic heterocycles. The number of hydrogen-bond acceptors (Lipinski definition) is 4. The van der Waals surface area contributed by atoms with Gasteiger partial charge in [-0.15, -0.1) is 0 Å². The van der Waals surface area contributed by atoms with E-state index < -0.39 is 0 Å². The number of aryl methyl sites for hydroxylation is 1. The third-order valence-electron chi connectivity index (χ3n) is 2.36. The molecule has 0 aliphatic carbocycles. The number of H-pyrrole nitrogens is 1. The highest BCUT2D eigenvalue weighted by Gasteiger charge is 2.09. The molecule has 0 saturated carbocycles. The molecule has 6 heteroatoms. The molecule has 1 N–H and O–H groups in total. The fourth-order valence-corrected chi connectivity index (χ4v) is 1.55. The average molecular weight is 226 g/mol. The summed E-state index contributed by atoms with van der Waals surface area (Å²) >= 11 is 0. The van der Waals surface area contributed by atoms with Gasteiger partial charge in [-0.05, 0) is 0 Å². The molecule has 0 amide bonds. The third kappa shape index (κ3) is 1.80. The molecular formula is C11H10N6. The molecule has 3 aromatic rings. The van der Waals surface area contributed by atoms with Gasteiger partial charge in [-0.1, -0.05) is 30.3 Å². The summed E-state index contributed by atoms with van der Waals surface area (Å²) in [5.74, 6) is 1.28. The van der Waals surface area contributed by atoms with Crippen LogP contribution < -0.4 is 0 Å². The summed E-state index contributed by atoms with van der Waals surface area (Å²) in [4.78, 5) is 5.87. The number of nitrogens with zero attached hydrogens (tertiary/aromatic N) is 5. The van der Waals surface area contributed by atoms with E-state index in [2.05, 4.69) is 25.4 Å². The lowest BCUT2D eigenvalue weighted by Crippen LogP contribution is -1.92. The van der Waals surface area contributed by atoms with Gasteiger partial charge in [0, 0.05) is 12.6 Å². The van der Waals surface area contributed by atoms with Crippen LogP contribution in [0.2, 0.25) is 0 Å². The number of aromatic nitrogens is 6. The van der Waals surface area contributed by atoms with E-state index in [9.17, 15) is 0 Å². The Labute approximate surface area is 97.3 Å². The van der Waals surface area contributed by atoms with Crippen molar-refractivity contribution >= 4 is 0 Å². The maximum atomic E-state index is 4.38. The van der Waals surface area contributed by atoms with E-state index in [4.69, 9.17) is 0 Å². The minimum atomic E-state index is 0.622. The van der Waals surface area contributed by atoms with E-state index in [0.29, 0.717) is 17.3 Å². The van der Waals surface area contributed by atoms with E-state index in [1.165, 1.54) is 4.80 Å². The fraction of sp³-hybridized carbons (Fsp3) is 0.0909.